The molecule has 0 radical (unpaired) electrons. The van der Waals surface area contributed by atoms with Crippen molar-refractivity contribution in [3.8, 4) is 17.0 Å². The number of carbonyl (C=O) groups excluding carboxylic acids is 2. The lowest BCUT2D eigenvalue weighted by Crippen LogP contribution is -2.50. The van der Waals surface area contributed by atoms with Crippen LogP contribution in [0.15, 0.2) is 54.9 Å². The Balaban J connectivity index is 1.35. The number of carbonyl (C=O) groups is 2. The Labute approximate surface area is 174 Å². The molecule has 2 aromatic heterocycles. The van der Waals surface area contributed by atoms with Gasteiger partial charge < -0.3 is 14.5 Å². The van der Waals surface area contributed by atoms with Gasteiger partial charge in [-0.25, -0.2) is 0 Å². The first-order chi connectivity index (χ1) is 14.7. The Bertz CT molecular complexity index is 1010. The molecule has 0 unspecified atom stereocenters. The van der Waals surface area contributed by atoms with Crippen molar-refractivity contribution in [2.75, 3.05) is 32.8 Å². The topological polar surface area (TPSA) is 91.4 Å². The number of nitrogens with zero attached hydrogens (tertiary/aromatic N) is 4. The number of rotatable bonds is 5. The van der Waals surface area contributed by atoms with E-state index in [0.717, 1.165) is 11.3 Å². The molecule has 1 aromatic carbocycles. The van der Waals surface area contributed by atoms with Crippen molar-refractivity contribution in [2.45, 2.75) is 6.92 Å². The van der Waals surface area contributed by atoms with Crippen molar-refractivity contribution in [1.29, 1.82) is 0 Å². The maximum atomic E-state index is 12.8. The van der Waals surface area contributed by atoms with E-state index in [1.54, 1.807) is 52.5 Å². The van der Waals surface area contributed by atoms with Crippen LogP contribution in [0.5, 0.6) is 5.75 Å². The van der Waals surface area contributed by atoms with Crippen LogP contribution in [0.25, 0.3) is 11.3 Å². The molecular formula is C22H23N5O3. The van der Waals surface area contributed by atoms with E-state index < -0.39 is 0 Å². The molecule has 8 heteroatoms. The second-order valence-corrected chi connectivity index (χ2v) is 6.94. The average molecular weight is 405 g/mol. The Morgan fingerprint density at radius 3 is 2.23 bits per heavy atom. The second kappa shape index (κ2) is 8.77. The third kappa shape index (κ3) is 4.17. The molecule has 0 aliphatic carbocycles. The molecule has 0 saturated carbocycles. The summed E-state index contributed by atoms with van der Waals surface area (Å²) in [5, 5.41) is 7.05. The fourth-order valence-electron chi connectivity index (χ4n) is 3.43. The summed E-state index contributed by atoms with van der Waals surface area (Å²) in [5.41, 5.74) is 2.65. The molecule has 3 aromatic rings. The summed E-state index contributed by atoms with van der Waals surface area (Å²) in [4.78, 5) is 33.1. The van der Waals surface area contributed by atoms with E-state index in [2.05, 4.69) is 15.2 Å². The molecule has 3 heterocycles. The number of piperazine rings is 1. The molecule has 0 spiro atoms. The van der Waals surface area contributed by atoms with Gasteiger partial charge in [-0.3, -0.25) is 19.7 Å². The van der Waals surface area contributed by atoms with Crippen LogP contribution in [0, 0.1) is 0 Å². The van der Waals surface area contributed by atoms with Crippen LogP contribution < -0.4 is 4.74 Å². The van der Waals surface area contributed by atoms with Gasteiger partial charge in [-0.2, -0.15) is 5.10 Å². The maximum Gasteiger partial charge on any atom is 0.272 e. The van der Waals surface area contributed by atoms with Gasteiger partial charge in [-0.05, 0) is 49.4 Å². The fraction of sp³-hybridized carbons (Fsp3) is 0.273. The highest BCUT2D eigenvalue weighted by atomic mass is 16.5. The van der Waals surface area contributed by atoms with Gasteiger partial charge in [0.25, 0.3) is 11.8 Å². The highest BCUT2D eigenvalue weighted by Crippen LogP contribution is 2.18. The van der Waals surface area contributed by atoms with Crippen molar-refractivity contribution in [2.24, 2.45) is 0 Å². The number of aromatic nitrogens is 3. The van der Waals surface area contributed by atoms with Crippen molar-refractivity contribution in [3.05, 3.63) is 66.1 Å². The maximum absolute atomic E-state index is 12.8. The Hall–Kier alpha value is -3.68. The third-order valence-corrected chi connectivity index (χ3v) is 5.05. The monoisotopic (exact) mass is 405 g/mol. The van der Waals surface area contributed by atoms with E-state index >= 15 is 0 Å². The zero-order valence-electron chi connectivity index (χ0n) is 16.7. The lowest BCUT2D eigenvalue weighted by molar-refractivity contribution is 0.0532. The standard InChI is InChI=1S/C22H23N5O3/c1-2-30-18-5-3-17(4-6-18)21(28)26-11-13-27(14-12-26)22(29)20-15-19(24-25-20)16-7-9-23-10-8-16/h3-10,15H,2,11-14H2,1H3,(H,24,25). The summed E-state index contributed by atoms with van der Waals surface area (Å²) in [6.45, 7) is 4.44. The van der Waals surface area contributed by atoms with Crippen LogP contribution in [-0.2, 0) is 0 Å². The van der Waals surface area contributed by atoms with Crippen molar-refractivity contribution < 1.29 is 14.3 Å². The molecule has 8 nitrogen and oxygen atoms in total. The summed E-state index contributed by atoms with van der Waals surface area (Å²) in [5.74, 6) is 0.595. The van der Waals surface area contributed by atoms with Gasteiger partial charge in [0.15, 0.2) is 0 Å². The van der Waals surface area contributed by atoms with Gasteiger partial charge in [0, 0.05) is 49.7 Å². The van der Waals surface area contributed by atoms with E-state index in [-0.39, 0.29) is 11.8 Å². The predicted molar refractivity (Wildman–Crippen MR) is 111 cm³/mol. The summed E-state index contributed by atoms with van der Waals surface area (Å²) in [6, 6.07) is 12.6. The number of hydrogen-bond acceptors (Lipinski definition) is 5. The largest absolute Gasteiger partial charge is 0.494 e. The van der Waals surface area contributed by atoms with Crippen LogP contribution in [0.1, 0.15) is 27.8 Å². The zero-order chi connectivity index (χ0) is 20.9. The van der Waals surface area contributed by atoms with E-state index in [4.69, 9.17) is 4.74 Å². The molecular weight excluding hydrogens is 382 g/mol. The van der Waals surface area contributed by atoms with Crippen LogP contribution >= 0.6 is 0 Å². The molecule has 4 rings (SSSR count). The highest BCUT2D eigenvalue weighted by Gasteiger charge is 2.26. The minimum atomic E-state index is -0.115. The van der Waals surface area contributed by atoms with Gasteiger partial charge in [0.05, 0.1) is 12.3 Å². The first-order valence-corrected chi connectivity index (χ1v) is 9.93. The molecule has 1 fully saturated rings. The Morgan fingerprint density at radius 1 is 0.967 bits per heavy atom. The molecule has 154 valence electrons. The average Bonchev–Trinajstić information content (AvgIpc) is 3.30. The third-order valence-electron chi connectivity index (χ3n) is 5.05. The van der Waals surface area contributed by atoms with Crippen LogP contribution in [0.4, 0.5) is 0 Å². The first kappa shape index (κ1) is 19.6. The second-order valence-electron chi connectivity index (χ2n) is 6.94. The van der Waals surface area contributed by atoms with Gasteiger partial charge in [-0.15, -0.1) is 0 Å². The number of aromatic amines is 1. The molecule has 1 saturated heterocycles. The van der Waals surface area contributed by atoms with Crippen LogP contribution in [0.2, 0.25) is 0 Å². The van der Waals surface area contributed by atoms with Gasteiger partial charge >= 0.3 is 0 Å². The summed E-state index contributed by atoms with van der Waals surface area (Å²) < 4.78 is 5.42. The van der Waals surface area contributed by atoms with Gasteiger partial charge in [0.1, 0.15) is 11.4 Å². The SMILES string of the molecule is CCOc1ccc(C(=O)N2CCN(C(=O)c3cc(-c4ccncc4)n[nH]3)CC2)cc1. The molecule has 1 N–H and O–H groups in total. The van der Waals surface area contributed by atoms with Crippen LogP contribution in [0.3, 0.4) is 0 Å². The molecule has 30 heavy (non-hydrogen) atoms. The molecule has 0 atom stereocenters. The predicted octanol–water partition coefficient (Wildman–Crippen LogP) is 2.47. The summed E-state index contributed by atoms with van der Waals surface area (Å²) in [7, 11) is 0. The first-order valence-electron chi connectivity index (χ1n) is 9.93. The van der Waals surface area contributed by atoms with E-state index in [1.807, 2.05) is 19.1 Å². The zero-order valence-corrected chi connectivity index (χ0v) is 16.7. The minimum Gasteiger partial charge on any atom is -0.494 e. The fourth-order valence-corrected chi connectivity index (χ4v) is 3.43. The van der Waals surface area contributed by atoms with Crippen molar-refractivity contribution in [3.63, 3.8) is 0 Å². The smallest absolute Gasteiger partial charge is 0.272 e. The molecule has 0 bridgehead atoms. The molecule has 1 aliphatic rings. The summed E-state index contributed by atoms with van der Waals surface area (Å²) in [6.07, 6.45) is 3.37. The lowest BCUT2D eigenvalue weighted by atomic mass is 10.1. The minimum absolute atomic E-state index is 0.0355. The lowest BCUT2D eigenvalue weighted by Gasteiger charge is -2.34. The number of H-pyrrole nitrogens is 1. The van der Waals surface area contributed by atoms with Crippen molar-refractivity contribution >= 4 is 11.8 Å². The number of pyridine rings is 1. The number of hydrogen-bond donors (Lipinski definition) is 1. The Kier molecular flexibility index (Phi) is 5.74. The number of amides is 2. The number of benzene rings is 1. The van der Waals surface area contributed by atoms with E-state index in [1.165, 1.54) is 0 Å². The summed E-state index contributed by atoms with van der Waals surface area (Å²) >= 11 is 0. The van der Waals surface area contributed by atoms with Gasteiger partial charge in [0.2, 0.25) is 0 Å². The van der Waals surface area contributed by atoms with E-state index in [0.29, 0.717) is 49.7 Å². The number of nitrogens with one attached hydrogen (secondary N) is 1. The van der Waals surface area contributed by atoms with Crippen LogP contribution in [-0.4, -0.2) is 69.6 Å². The van der Waals surface area contributed by atoms with E-state index in [9.17, 15) is 9.59 Å². The quantitative estimate of drug-likeness (QED) is 0.704. The highest BCUT2D eigenvalue weighted by molar-refractivity contribution is 5.95. The number of ether oxygens (including phenoxy) is 1. The molecule has 1 aliphatic heterocycles. The van der Waals surface area contributed by atoms with Crippen molar-refractivity contribution in [1.82, 2.24) is 25.0 Å². The molecule has 2 amide bonds. The van der Waals surface area contributed by atoms with Gasteiger partial charge in [-0.1, -0.05) is 0 Å². The normalized spacial score (nSPS) is 13.9. The Morgan fingerprint density at radius 2 is 1.60 bits per heavy atom.